The van der Waals surface area contributed by atoms with Crippen LogP contribution in [0, 0.1) is 0 Å². The normalized spacial score (nSPS) is 16.0. The van der Waals surface area contributed by atoms with E-state index in [4.69, 9.17) is 23.2 Å². The molecule has 2 rings (SSSR count). The van der Waals surface area contributed by atoms with Gasteiger partial charge >= 0.3 is 11.8 Å². The van der Waals surface area contributed by atoms with Crippen LogP contribution in [0.1, 0.15) is 24.2 Å². The van der Waals surface area contributed by atoms with Crippen LogP contribution in [0.4, 0.5) is 0 Å². The fourth-order valence-corrected chi connectivity index (χ4v) is 3.62. The van der Waals surface area contributed by atoms with Crippen LogP contribution in [0.2, 0.25) is 8.67 Å². The quantitative estimate of drug-likeness (QED) is 0.619. The summed E-state index contributed by atoms with van der Waals surface area (Å²) in [4.78, 5) is 38.9. The van der Waals surface area contributed by atoms with Gasteiger partial charge < -0.3 is 9.80 Å². The van der Waals surface area contributed by atoms with Gasteiger partial charge in [-0.05, 0) is 19.9 Å². The molecule has 1 aliphatic heterocycles. The van der Waals surface area contributed by atoms with E-state index in [0.717, 1.165) is 11.3 Å². The van der Waals surface area contributed by atoms with Crippen LogP contribution >= 0.6 is 34.5 Å². The zero-order valence-corrected chi connectivity index (χ0v) is 13.9. The molecule has 1 fully saturated rings. The first-order chi connectivity index (χ1) is 9.81. The van der Waals surface area contributed by atoms with Crippen molar-refractivity contribution >= 4 is 52.1 Å². The fraction of sp³-hybridized carbons (Fsp3) is 0.462. The first-order valence-corrected chi connectivity index (χ1v) is 7.96. The number of nitrogens with zero attached hydrogens (tertiary/aromatic N) is 2. The summed E-state index contributed by atoms with van der Waals surface area (Å²) < 4.78 is 0.708. The summed E-state index contributed by atoms with van der Waals surface area (Å²) >= 11 is 12.8. The SMILES string of the molecule is CC(C)N1CCN(CC(=O)c2cc(Cl)sc2Cl)C(=O)C1=O. The molecule has 1 aromatic rings. The molecule has 0 radical (unpaired) electrons. The number of rotatable bonds is 4. The largest absolute Gasteiger partial charge is 0.330 e. The Labute approximate surface area is 136 Å². The zero-order valence-electron chi connectivity index (χ0n) is 11.6. The van der Waals surface area contributed by atoms with E-state index in [1.54, 1.807) is 0 Å². The van der Waals surface area contributed by atoms with E-state index in [0.29, 0.717) is 27.3 Å². The summed E-state index contributed by atoms with van der Waals surface area (Å²) in [7, 11) is 0. The Bertz CT molecular complexity index is 600. The number of amides is 2. The van der Waals surface area contributed by atoms with Gasteiger partial charge in [-0.2, -0.15) is 0 Å². The third-order valence-electron chi connectivity index (χ3n) is 3.26. The summed E-state index contributed by atoms with van der Waals surface area (Å²) in [5, 5.41) is 0. The Kier molecular flexibility index (Phi) is 4.91. The number of Topliss-reactive ketones (excluding diaryl/α,β-unsaturated/α-hetero) is 1. The van der Waals surface area contributed by atoms with Gasteiger partial charge in [0.15, 0.2) is 5.78 Å². The summed E-state index contributed by atoms with van der Waals surface area (Å²) in [5.74, 6) is -1.54. The first-order valence-electron chi connectivity index (χ1n) is 6.39. The van der Waals surface area contributed by atoms with Crippen molar-refractivity contribution in [2.45, 2.75) is 19.9 Å². The van der Waals surface area contributed by atoms with E-state index in [1.807, 2.05) is 13.8 Å². The second-order valence-corrected chi connectivity index (χ2v) is 7.27. The van der Waals surface area contributed by atoms with Gasteiger partial charge in [0.05, 0.1) is 16.4 Å². The van der Waals surface area contributed by atoms with Gasteiger partial charge in [-0.1, -0.05) is 23.2 Å². The van der Waals surface area contributed by atoms with E-state index in [2.05, 4.69) is 0 Å². The molecule has 21 heavy (non-hydrogen) atoms. The molecule has 0 spiro atoms. The molecule has 2 amide bonds. The summed E-state index contributed by atoms with van der Waals surface area (Å²) in [6, 6.07) is 1.44. The van der Waals surface area contributed by atoms with Crippen molar-refractivity contribution in [2.75, 3.05) is 19.6 Å². The van der Waals surface area contributed by atoms with Crippen molar-refractivity contribution in [3.63, 3.8) is 0 Å². The number of carbonyl (C=O) groups is 3. The monoisotopic (exact) mass is 348 g/mol. The van der Waals surface area contributed by atoms with Crippen LogP contribution in [0.15, 0.2) is 6.07 Å². The molecule has 0 saturated carbocycles. The number of halogens is 2. The zero-order chi connectivity index (χ0) is 15.7. The maximum Gasteiger partial charge on any atom is 0.312 e. The number of hydrogen-bond donors (Lipinski definition) is 0. The maximum absolute atomic E-state index is 12.2. The van der Waals surface area contributed by atoms with Gasteiger partial charge in [0, 0.05) is 19.1 Å². The molecule has 1 aromatic heterocycles. The lowest BCUT2D eigenvalue weighted by atomic mass is 10.1. The molecule has 1 saturated heterocycles. The highest BCUT2D eigenvalue weighted by Gasteiger charge is 2.34. The highest BCUT2D eigenvalue weighted by molar-refractivity contribution is 7.20. The minimum Gasteiger partial charge on any atom is -0.330 e. The Hall–Kier alpha value is -1.11. The van der Waals surface area contributed by atoms with Crippen LogP contribution in [-0.4, -0.2) is 53.1 Å². The molecule has 0 aromatic carbocycles. The van der Waals surface area contributed by atoms with E-state index >= 15 is 0 Å². The van der Waals surface area contributed by atoms with E-state index in [9.17, 15) is 14.4 Å². The van der Waals surface area contributed by atoms with Crippen molar-refractivity contribution in [3.05, 3.63) is 20.3 Å². The number of carbonyl (C=O) groups excluding carboxylic acids is 3. The van der Waals surface area contributed by atoms with Crippen LogP contribution in [-0.2, 0) is 9.59 Å². The predicted molar refractivity (Wildman–Crippen MR) is 82.1 cm³/mol. The highest BCUT2D eigenvalue weighted by Crippen LogP contribution is 2.31. The lowest BCUT2D eigenvalue weighted by Crippen LogP contribution is -2.57. The third-order valence-corrected chi connectivity index (χ3v) is 4.74. The Morgan fingerprint density at radius 3 is 2.48 bits per heavy atom. The van der Waals surface area contributed by atoms with Gasteiger partial charge in [0.1, 0.15) is 4.34 Å². The average molecular weight is 349 g/mol. The standard InChI is InChI=1S/C13H14Cl2N2O3S/c1-7(2)17-4-3-16(12(19)13(17)20)6-9(18)8-5-10(14)21-11(8)15/h5,7H,3-4,6H2,1-2H3. The molecule has 0 bridgehead atoms. The molecule has 0 aliphatic carbocycles. The molecular formula is C13H14Cl2N2O3S. The van der Waals surface area contributed by atoms with Crippen LogP contribution in [0.3, 0.4) is 0 Å². The van der Waals surface area contributed by atoms with Gasteiger partial charge in [0.2, 0.25) is 0 Å². The number of ketones is 1. The lowest BCUT2D eigenvalue weighted by Gasteiger charge is -2.35. The molecule has 2 heterocycles. The summed E-state index contributed by atoms with van der Waals surface area (Å²) in [5.41, 5.74) is 0.290. The summed E-state index contributed by atoms with van der Waals surface area (Å²) in [6.45, 7) is 4.29. The van der Waals surface area contributed by atoms with Crippen molar-refractivity contribution < 1.29 is 14.4 Å². The van der Waals surface area contributed by atoms with Crippen LogP contribution in [0.5, 0.6) is 0 Å². The number of hydrogen-bond acceptors (Lipinski definition) is 4. The van der Waals surface area contributed by atoms with Crippen molar-refractivity contribution in [3.8, 4) is 0 Å². The minimum absolute atomic E-state index is 0.0376. The second-order valence-electron chi connectivity index (χ2n) is 4.98. The molecule has 114 valence electrons. The molecule has 8 heteroatoms. The van der Waals surface area contributed by atoms with Gasteiger partial charge in [-0.3, -0.25) is 14.4 Å². The molecule has 0 atom stereocenters. The Morgan fingerprint density at radius 2 is 1.95 bits per heavy atom. The summed E-state index contributed by atoms with van der Waals surface area (Å²) in [6.07, 6.45) is 0. The number of thiophene rings is 1. The Morgan fingerprint density at radius 1 is 1.29 bits per heavy atom. The Balaban J connectivity index is 2.07. The van der Waals surface area contributed by atoms with Crippen molar-refractivity contribution in [1.29, 1.82) is 0 Å². The topological polar surface area (TPSA) is 57.7 Å². The third kappa shape index (κ3) is 3.39. The molecule has 1 aliphatic rings. The van der Waals surface area contributed by atoms with Crippen molar-refractivity contribution in [2.24, 2.45) is 0 Å². The molecular weight excluding hydrogens is 335 g/mol. The number of piperazine rings is 1. The molecule has 0 N–H and O–H groups in total. The highest BCUT2D eigenvalue weighted by atomic mass is 35.5. The molecule has 5 nitrogen and oxygen atoms in total. The van der Waals surface area contributed by atoms with E-state index < -0.39 is 11.8 Å². The van der Waals surface area contributed by atoms with Crippen molar-refractivity contribution in [1.82, 2.24) is 9.80 Å². The van der Waals surface area contributed by atoms with Crippen LogP contribution < -0.4 is 0 Å². The second kappa shape index (κ2) is 6.34. The lowest BCUT2D eigenvalue weighted by molar-refractivity contribution is -0.156. The molecule has 0 unspecified atom stereocenters. The fourth-order valence-electron chi connectivity index (χ4n) is 2.12. The first kappa shape index (κ1) is 16.3. The van der Waals surface area contributed by atoms with Crippen LogP contribution in [0.25, 0.3) is 0 Å². The predicted octanol–water partition coefficient (Wildman–Crippen LogP) is 2.32. The van der Waals surface area contributed by atoms with E-state index in [1.165, 1.54) is 15.9 Å². The maximum atomic E-state index is 12.2. The van der Waals surface area contributed by atoms with E-state index in [-0.39, 0.29) is 18.4 Å². The smallest absolute Gasteiger partial charge is 0.312 e. The van der Waals surface area contributed by atoms with Gasteiger partial charge in [-0.25, -0.2) is 0 Å². The average Bonchev–Trinajstić information content (AvgIpc) is 2.74. The van der Waals surface area contributed by atoms with Gasteiger partial charge in [-0.15, -0.1) is 11.3 Å². The van der Waals surface area contributed by atoms with Gasteiger partial charge in [0.25, 0.3) is 0 Å². The minimum atomic E-state index is -0.652.